The second-order valence-corrected chi connectivity index (χ2v) is 10.9. The summed E-state index contributed by atoms with van der Waals surface area (Å²) < 4.78 is 69.8. The van der Waals surface area contributed by atoms with E-state index in [4.69, 9.17) is 34.8 Å². The molecule has 0 aliphatic carbocycles. The number of hydrogen-bond acceptors (Lipinski definition) is 2. The van der Waals surface area contributed by atoms with Crippen molar-refractivity contribution < 1.29 is 22.0 Å². The largest absolute Gasteiger partial charge is 0.419 e. The summed E-state index contributed by atoms with van der Waals surface area (Å²) in [6.45, 7) is 3.72. The quantitative estimate of drug-likeness (QED) is 0.164. The lowest BCUT2D eigenvalue weighted by atomic mass is 9.81. The SMILES string of the molecule is CC(C)(c1ccc(Cl)c(Cl)c1)c1cnc(SCc2ccc(F)cc2Cl)n1-c1ccc(F)c(C(F)(F)F)c1. The van der Waals surface area contributed by atoms with Gasteiger partial charge in [0.05, 0.1) is 27.5 Å². The van der Waals surface area contributed by atoms with E-state index < -0.39 is 28.8 Å². The number of thioether (sulfide) groups is 1. The van der Waals surface area contributed by atoms with Crippen LogP contribution in [0.1, 0.15) is 36.2 Å². The third-order valence-corrected chi connectivity index (χ3v) is 7.99. The van der Waals surface area contributed by atoms with E-state index in [1.54, 1.807) is 29.0 Å². The Morgan fingerprint density at radius 1 is 0.865 bits per heavy atom. The maximum absolute atomic E-state index is 14.1. The van der Waals surface area contributed by atoms with E-state index in [0.717, 1.165) is 17.7 Å². The van der Waals surface area contributed by atoms with Crippen LogP contribution in [0.25, 0.3) is 5.69 Å². The summed E-state index contributed by atoms with van der Waals surface area (Å²) in [6, 6.07) is 11.8. The van der Waals surface area contributed by atoms with Gasteiger partial charge in [0.1, 0.15) is 11.6 Å². The fourth-order valence-electron chi connectivity index (χ4n) is 3.81. The smallest absolute Gasteiger partial charge is 0.291 e. The number of aromatic nitrogens is 2. The van der Waals surface area contributed by atoms with Gasteiger partial charge in [0.2, 0.25) is 0 Å². The first kappa shape index (κ1) is 27.8. The molecule has 0 amide bonds. The van der Waals surface area contributed by atoms with E-state index in [-0.39, 0.29) is 16.5 Å². The summed E-state index contributed by atoms with van der Waals surface area (Å²) in [5.74, 6) is -1.61. The standard InChI is InChI=1S/C26H18Cl3F5N2S/c1-25(2,15-4-7-19(27)21(29)9-15)23-12-35-24(37-13-14-3-5-16(30)10-20(14)28)36(23)17-6-8-22(31)18(11-17)26(32,33)34/h3-12H,13H2,1-2H3. The van der Waals surface area contributed by atoms with Crippen LogP contribution in [0.2, 0.25) is 15.1 Å². The highest BCUT2D eigenvalue weighted by atomic mass is 35.5. The van der Waals surface area contributed by atoms with Crippen LogP contribution < -0.4 is 0 Å². The molecule has 0 saturated heterocycles. The topological polar surface area (TPSA) is 17.8 Å². The van der Waals surface area contributed by atoms with E-state index in [2.05, 4.69) is 4.98 Å². The van der Waals surface area contributed by atoms with Crippen molar-refractivity contribution in [3.63, 3.8) is 0 Å². The van der Waals surface area contributed by atoms with Crippen LogP contribution >= 0.6 is 46.6 Å². The van der Waals surface area contributed by atoms with Gasteiger partial charge in [-0.15, -0.1) is 0 Å². The molecule has 4 rings (SSSR count). The molecular formula is C26H18Cl3F5N2S. The Hall–Kier alpha value is -2.26. The summed E-state index contributed by atoms with van der Waals surface area (Å²) in [4.78, 5) is 4.48. The molecule has 0 saturated carbocycles. The number of nitrogens with zero attached hydrogens (tertiary/aromatic N) is 2. The van der Waals surface area contributed by atoms with E-state index in [1.165, 1.54) is 36.0 Å². The number of imidazole rings is 1. The third-order valence-electron chi connectivity index (χ3n) is 5.90. The van der Waals surface area contributed by atoms with E-state index in [9.17, 15) is 22.0 Å². The molecule has 4 aromatic rings. The van der Waals surface area contributed by atoms with Crippen molar-refractivity contribution in [2.45, 2.75) is 36.3 Å². The van der Waals surface area contributed by atoms with Crippen LogP contribution in [0.4, 0.5) is 22.0 Å². The van der Waals surface area contributed by atoms with Gasteiger partial charge in [-0.05, 0) is 53.6 Å². The zero-order valence-electron chi connectivity index (χ0n) is 19.3. The van der Waals surface area contributed by atoms with Gasteiger partial charge in [-0.2, -0.15) is 13.2 Å². The van der Waals surface area contributed by atoms with Gasteiger partial charge in [-0.3, -0.25) is 4.57 Å². The molecule has 0 N–H and O–H groups in total. The first-order chi connectivity index (χ1) is 17.3. The van der Waals surface area contributed by atoms with Crippen molar-refractivity contribution in [1.82, 2.24) is 9.55 Å². The highest BCUT2D eigenvalue weighted by Crippen LogP contribution is 2.40. The number of halogens is 8. The van der Waals surface area contributed by atoms with Crippen LogP contribution in [0, 0.1) is 11.6 Å². The lowest BCUT2D eigenvalue weighted by molar-refractivity contribution is -0.140. The van der Waals surface area contributed by atoms with Gasteiger partial charge < -0.3 is 0 Å². The summed E-state index contributed by atoms with van der Waals surface area (Å²) in [6.07, 6.45) is -3.34. The lowest BCUT2D eigenvalue weighted by Gasteiger charge is -2.28. The molecule has 0 atom stereocenters. The van der Waals surface area contributed by atoms with Gasteiger partial charge in [0.15, 0.2) is 5.16 Å². The van der Waals surface area contributed by atoms with Crippen molar-refractivity contribution in [3.05, 3.63) is 110 Å². The molecule has 194 valence electrons. The predicted octanol–water partition coefficient (Wildman–Crippen LogP) is 9.75. The minimum Gasteiger partial charge on any atom is -0.291 e. The minimum atomic E-state index is -4.89. The number of hydrogen-bond donors (Lipinski definition) is 0. The lowest BCUT2D eigenvalue weighted by Crippen LogP contribution is -2.23. The van der Waals surface area contributed by atoms with Crippen LogP contribution in [0.5, 0.6) is 0 Å². The molecule has 0 spiro atoms. The number of benzene rings is 3. The fourth-order valence-corrected chi connectivity index (χ4v) is 5.42. The Morgan fingerprint density at radius 2 is 1.59 bits per heavy atom. The second-order valence-electron chi connectivity index (χ2n) is 8.70. The van der Waals surface area contributed by atoms with Gasteiger partial charge >= 0.3 is 6.18 Å². The van der Waals surface area contributed by atoms with Crippen molar-refractivity contribution in [2.24, 2.45) is 0 Å². The predicted molar refractivity (Wildman–Crippen MR) is 138 cm³/mol. The summed E-state index contributed by atoms with van der Waals surface area (Å²) in [7, 11) is 0. The summed E-state index contributed by atoms with van der Waals surface area (Å²) in [5, 5.41) is 1.22. The van der Waals surface area contributed by atoms with Crippen molar-refractivity contribution >= 4 is 46.6 Å². The molecule has 0 bridgehead atoms. The number of rotatable bonds is 6. The molecule has 1 heterocycles. The average molecular weight is 592 g/mol. The average Bonchev–Trinajstić information content (AvgIpc) is 3.24. The minimum absolute atomic E-state index is 0.0714. The molecule has 0 unspecified atom stereocenters. The van der Waals surface area contributed by atoms with E-state index in [1.807, 2.05) is 13.8 Å². The molecule has 3 aromatic carbocycles. The molecule has 2 nitrogen and oxygen atoms in total. The maximum atomic E-state index is 14.1. The Bertz CT molecular complexity index is 1470. The van der Waals surface area contributed by atoms with Crippen molar-refractivity contribution in [2.75, 3.05) is 0 Å². The number of alkyl halides is 3. The third kappa shape index (κ3) is 5.77. The van der Waals surface area contributed by atoms with Gasteiger partial charge in [0.25, 0.3) is 0 Å². The Morgan fingerprint density at radius 3 is 2.24 bits per heavy atom. The molecule has 0 radical (unpaired) electrons. The molecule has 0 fully saturated rings. The monoisotopic (exact) mass is 590 g/mol. The highest BCUT2D eigenvalue weighted by molar-refractivity contribution is 7.98. The first-order valence-electron chi connectivity index (χ1n) is 10.8. The Kier molecular flexibility index (Phi) is 7.87. The van der Waals surface area contributed by atoms with Gasteiger partial charge in [-0.1, -0.05) is 72.5 Å². The van der Waals surface area contributed by atoms with Gasteiger partial charge in [-0.25, -0.2) is 13.8 Å². The van der Waals surface area contributed by atoms with E-state index >= 15 is 0 Å². The van der Waals surface area contributed by atoms with Crippen LogP contribution in [0.3, 0.4) is 0 Å². The molecule has 0 aliphatic heterocycles. The van der Waals surface area contributed by atoms with Crippen molar-refractivity contribution in [1.29, 1.82) is 0 Å². The molecule has 37 heavy (non-hydrogen) atoms. The maximum Gasteiger partial charge on any atom is 0.419 e. The van der Waals surface area contributed by atoms with Crippen LogP contribution in [-0.2, 0) is 17.3 Å². The van der Waals surface area contributed by atoms with Crippen molar-refractivity contribution in [3.8, 4) is 5.69 Å². The first-order valence-corrected chi connectivity index (χ1v) is 12.9. The zero-order chi connectivity index (χ0) is 27.1. The fraction of sp³-hybridized carbons (Fsp3) is 0.192. The molecule has 11 heteroatoms. The molecule has 0 aliphatic rings. The normalized spacial score (nSPS) is 12.3. The van der Waals surface area contributed by atoms with Crippen LogP contribution in [-0.4, -0.2) is 9.55 Å². The second kappa shape index (κ2) is 10.5. The zero-order valence-corrected chi connectivity index (χ0v) is 22.4. The van der Waals surface area contributed by atoms with Gasteiger partial charge in [0, 0.05) is 21.9 Å². The summed E-state index contributed by atoms with van der Waals surface area (Å²) in [5.41, 5.74) is -0.252. The molecular weight excluding hydrogens is 574 g/mol. The Labute approximate surface area is 229 Å². The highest BCUT2D eigenvalue weighted by Gasteiger charge is 2.36. The van der Waals surface area contributed by atoms with E-state index in [0.29, 0.717) is 26.5 Å². The van der Waals surface area contributed by atoms with Crippen LogP contribution in [0.15, 0.2) is 66.0 Å². The Balaban J connectivity index is 1.86. The summed E-state index contributed by atoms with van der Waals surface area (Å²) >= 11 is 19.7. The molecule has 1 aromatic heterocycles.